The summed E-state index contributed by atoms with van der Waals surface area (Å²) in [6.07, 6.45) is 5.17. The van der Waals surface area contributed by atoms with Gasteiger partial charge in [0, 0.05) is 30.9 Å². The third kappa shape index (κ3) is 5.37. The summed E-state index contributed by atoms with van der Waals surface area (Å²) in [5, 5.41) is 3.01. The molecule has 0 unspecified atom stereocenters. The Bertz CT molecular complexity index is 960. The van der Waals surface area contributed by atoms with Gasteiger partial charge in [0.05, 0.1) is 6.04 Å². The number of hydrogen-bond donors (Lipinski definition) is 1. The fraction of sp³-hybridized carbons (Fsp3) is 0.481. The number of nitrogens with one attached hydrogen (secondary N) is 1. The standard InChI is InChI=1S/C27H34FN3O2/c1-3-19(2)18-26(32)31-17-5-7-25(31)27(33)29-22-12-8-20(9-13-22)24-6-4-16-30(24)23-14-10-21(28)11-15-23/h8-15,19,24-25H,3-7,16-18H2,1-2H3,(H,29,33)/t19-,24+,25+/m1/s1. The number of hydrogen-bond acceptors (Lipinski definition) is 3. The van der Waals surface area contributed by atoms with Gasteiger partial charge >= 0.3 is 0 Å². The summed E-state index contributed by atoms with van der Waals surface area (Å²) >= 11 is 0. The number of carbonyl (C=O) groups is 2. The van der Waals surface area contributed by atoms with Crippen LogP contribution in [0.25, 0.3) is 0 Å². The molecule has 0 saturated carbocycles. The van der Waals surface area contributed by atoms with Crippen LogP contribution >= 0.6 is 0 Å². The highest BCUT2D eigenvalue weighted by molar-refractivity contribution is 5.97. The quantitative estimate of drug-likeness (QED) is 0.602. The van der Waals surface area contributed by atoms with E-state index < -0.39 is 0 Å². The van der Waals surface area contributed by atoms with E-state index in [1.807, 2.05) is 24.3 Å². The Morgan fingerprint density at radius 1 is 1.03 bits per heavy atom. The van der Waals surface area contributed by atoms with Gasteiger partial charge in [-0.05, 0) is 73.6 Å². The van der Waals surface area contributed by atoms with Gasteiger partial charge in [0.2, 0.25) is 11.8 Å². The van der Waals surface area contributed by atoms with E-state index in [1.165, 1.54) is 17.7 Å². The van der Waals surface area contributed by atoms with E-state index in [0.29, 0.717) is 25.3 Å². The molecule has 2 aliphatic heterocycles. The number of benzene rings is 2. The second kappa shape index (κ2) is 10.4. The highest BCUT2D eigenvalue weighted by Gasteiger charge is 2.34. The lowest BCUT2D eigenvalue weighted by Crippen LogP contribution is -2.43. The minimum absolute atomic E-state index is 0.0828. The summed E-state index contributed by atoms with van der Waals surface area (Å²) in [6.45, 7) is 5.76. The van der Waals surface area contributed by atoms with Crippen LogP contribution in [0.15, 0.2) is 48.5 Å². The molecule has 5 nitrogen and oxygen atoms in total. The first kappa shape index (κ1) is 23.3. The molecule has 2 saturated heterocycles. The molecular weight excluding hydrogens is 417 g/mol. The summed E-state index contributed by atoms with van der Waals surface area (Å²) in [5.41, 5.74) is 2.96. The fourth-order valence-electron chi connectivity index (χ4n) is 4.97. The number of amides is 2. The van der Waals surface area contributed by atoms with Gasteiger partial charge in [-0.15, -0.1) is 0 Å². The molecule has 3 atom stereocenters. The van der Waals surface area contributed by atoms with Crippen LogP contribution in [0.2, 0.25) is 0 Å². The highest BCUT2D eigenvalue weighted by Crippen LogP contribution is 2.36. The maximum absolute atomic E-state index is 13.3. The summed E-state index contributed by atoms with van der Waals surface area (Å²) in [6, 6.07) is 14.5. The molecule has 33 heavy (non-hydrogen) atoms. The second-order valence-corrected chi connectivity index (χ2v) is 9.40. The highest BCUT2D eigenvalue weighted by atomic mass is 19.1. The Balaban J connectivity index is 1.39. The van der Waals surface area contributed by atoms with E-state index in [2.05, 4.69) is 36.2 Å². The van der Waals surface area contributed by atoms with Gasteiger partial charge in [-0.1, -0.05) is 32.4 Å². The molecule has 2 fully saturated rings. The molecule has 0 aromatic heterocycles. The summed E-state index contributed by atoms with van der Waals surface area (Å²) < 4.78 is 13.3. The molecule has 2 heterocycles. The summed E-state index contributed by atoms with van der Waals surface area (Å²) in [4.78, 5) is 29.7. The molecule has 1 N–H and O–H groups in total. The van der Waals surface area contributed by atoms with Crippen molar-refractivity contribution in [2.75, 3.05) is 23.3 Å². The maximum Gasteiger partial charge on any atom is 0.247 e. The Morgan fingerprint density at radius 2 is 1.73 bits per heavy atom. The van der Waals surface area contributed by atoms with Gasteiger partial charge in [0.15, 0.2) is 0 Å². The van der Waals surface area contributed by atoms with Gasteiger partial charge in [-0.25, -0.2) is 4.39 Å². The van der Waals surface area contributed by atoms with Gasteiger partial charge < -0.3 is 15.1 Å². The van der Waals surface area contributed by atoms with Crippen LogP contribution in [0, 0.1) is 11.7 Å². The van der Waals surface area contributed by atoms with Crippen LogP contribution in [0.1, 0.15) is 64.0 Å². The van der Waals surface area contributed by atoms with E-state index >= 15 is 0 Å². The van der Waals surface area contributed by atoms with Crippen molar-refractivity contribution in [3.8, 4) is 0 Å². The third-order valence-corrected chi connectivity index (χ3v) is 7.07. The van der Waals surface area contributed by atoms with Crippen molar-refractivity contribution < 1.29 is 14.0 Å². The number of rotatable bonds is 7. The van der Waals surface area contributed by atoms with Crippen molar-refractivity contribution in [2.45, 2.75) is 64.5 Å². The second-order valence-electron chi connectivity index (χ2n) is 9.40. The molecule has 0 radical (unpaired) electrons. The Labute approximate surface area is 196 Å². The van der Waals surface area contributed by atoms with Gasteiger partial charge in [0.25, 0.3) is 0 Å². The number of halogens is 1. The van der Waals surface area contributed by atoms with Crippen molar-refractivity contribution >= 4 is 23.2 Å². The largest absolute Gasteiger partial charge is 0.364 e. The molecule has 0 spiro atoms. The minimum Gasteiger partial charge on any atom is -0.364 e. The first-order valence-electron chi connectivity index (χ1n) is 12.2. The molecule has 2 aromatic carbocycles. The van der Waals surface area contributed by atoms with E-state index in [0.717, 1.165) is 43.6 Å². The van der Waals surface area contributed by atoms with Crippen molar-refractivity contribution in [1.29, 1.82) is 0 Å². The molecule has 6 heteroatoms. The van der Waals surface area contributed by atoms with E-state index in [1.54, 1.807) is 4.90 Å². The lowest BCUT2D eigenvalue weighted by Gasteiger charge is -2.27. The fourth-order valence-corrected chi connectivity index (χ4v) is 4.97. The maximum atomic E-state index is 13.3. The van der Waals surface area contributed by atoms with E-state index in [9.17, 15) is 14.0 Å². The predicted octanol–water partition coefficient (Wildman–Crippen LogP) is 5.53. The lowest BCUT2D eigenvalue weighted by atomic mass is 10.0. The zero-order valence-corrected chi connectivity index (χ0v) is 19.6. The predicted molar refractivity (Wildman–Crippen MR) is 130 cm³/mol. The molecule has 4 rings (SSSR count). The Kier molecular flexibility index (Phi) is 7.31. The number of likely N-dealkylation sites (tertiary alicyclic amines) is 1. The summed E-state index contributed by atoms with van der Waals surface area (Å²) in [5.74, 6) is 0.0856. The van der Waals surface area contributed by atoms with Crippen molar-refractivity contribution in [3.05, 3.63) is 59.9 Å². The molecule has 2 amide bonds. The average Bonchev–Trinajstić information content (AvgIpc) is 3.50. The topological polar surface area (TPSA) is 52.7 Å². The molecule has 0 aliphatic carbocycles. The van der Waals surface area contributed by atoms with Crippen LogP contribution in [-0.4, -0.2) is 35.8 Å². The third-order valence-electron chi connectivity index (χ3n) is 7.07. The first-order valence-corrected chi connectivity index (χ1v) is 12.2. The van der Waals surface area contributed by atoms with E-state index in [4.69, 9.17) is 0 Å². The smallest absolute Gasteiger partial charge is 0.247 e. The molecule has 176 valence electrons. The number of anilines is 2. The van der Waals surface area contributed by atoms with Crippen molar-refractivity contribution in [3.63, 3.8) is 0 Å². The average molecular weight is 452 g/mol. The zero-order chi connectivity index (χ0) is 23.4. The molecule has 2 aromatic rings. The van der Waals surface area contributed by atoms with Crippen LogP contribution in [-0.2, 0) is 9.59 Å². The van der Waals surface area contributed by atoms with Gasteiger partial charge in [-0.3, -0.25) is 9.59 Å². The van der Waals surface area contributed by atoms with E-state index in [-0.39, 0.29) is 29.7 Å². The zero-order valence-electron chi connectivity index (χ0n) is 19.6. The van der Waals surface area contributed by atoms with Crippen LogP contribution in [0.5, 0.6) is 0 Å². The minimum atomic E-state index is -0.384. The number of carbonyl (C=O) groups excluding carboxylic acids is 2. The molecule has 2 aliphatic rings. The van der Waals surface area contributed by atoms with Gasteiger partial charge in [0.1, 0.15) is 11.9 Å². The van der Waals surface area contributed by atoms with Gasteiger partial charge in [-0.2, -0.15) is 0 Å². The van der Waals surface area contributed by atoms with Crippen LogP contribution in [0.4, 0.5) is 15.8 Å². The van der Waals surface area contributed by atoms with Crippen molar-refractivity contribution in [1.82, 2.24) is 4.90 Å². The SMILES string of the molecule is CC[C@@H](C)CC(=O)N1CCC[C@H]1C(=O)Nc1ccc([C@@H]2CCCN2c2ccc(F)cc2)cc1. The van der Waals surface area contributed by atoms with Crippen LogP contribution in [0.3, 0.4) is 0 Å². The number of nitrogens with zero attached hydrogens (tertiary/aromatic N) is 2. The van der Waals surface area contributed by atoms with Crippen LogP contribution < -0.4 is 10.2 Å². The Morgan fingerprint density at radius 3 is 2.42 bits per heavy atom. The first-order chi connectivity index (χ1) is 16.0. The van der Waals surface area contributed by atoms with Crippen molar-refractivity contribution in [2.24, 2.45) is 5.92 Å². The lowest BCUT2D eigenvalue weighted by molar-refractivity contribution is -0.137. The molecular formula is C27H34FN3O2. The molecule has 0 bridgehead atoms. The normalized spacial score (nSPS) is 21.3. The summed E-state index contributed by atoms with van der Waals surface area (Å²) in [7, 11) is 0. The Hall–Kier alpha value is -2.89. The monoisotopic (exact) mass is 451 g/mol.